The maximum atomic E-state index is 10.4. The molecule has 1 saturated heterocycles. The Hall–Kier alpha value is -1.89. The highest BCUT2D eigenvalue weighted by atomic mass is 16.5. The fourth-order valence-corrected chi connectivity index (χ4v) is 3.33. The predicted octanol–water partition coefficient (Wildman–Crippen LogP) is 1.95. The van der Waals surface area contributed by atoms with E-state index < -0.39 is 6.10 Å². The summed E-state index contributed by atoms with van der Waals surface area (Å²) in [4.78, 5) is 2.24. The third-order valence-corrected chi connectivity index (χ3v) is 4.61. The van der Waals surface area contributed by atoms with Gasteiger partial charge in [0.05, 0.1) is 25.5 Å². The van der Waals surface area contributed by atoms with Crippen molar-refractivity contribution in [3.05, 3.63) is 47.3 Å². The third kappa shape index (κ3) is 5.30. The van der Waals surface area contributed by atoms with E-state index >= 15 is 0 Å². The van der Waals surface area contributed by atoms with Gasteiger partial charge in [-0.05, 0) is 38.0 Å². The second-order valence-corrected chi connectivity index (χ2v) is 7.23. The molecular formula is C20H29N3O3. The van der Waals surface area contributed by atoms with E-state index in [1.807, 2.05) is 43.1 Å². The highest BCUT2D eigenvalue weighted by Gasteiger charge is 2.23. The zero-order chi connectivity index (χ0) is 18.5. The molecule has 0 saturated carbocycles. The van der Waals surface area contributed by atoms with Gasteiger partial charge in [-0.15, -0.1) is 0 Å². The molecule has 2 aromatic rings. The molecule has 2 atom stereocenters. The summed E-state index contributed by atoms with van der Waals surface area (Å²) in [5, 5.41) is 14.7. The van der Waals surface area contributed by atoms with Crippen LogP contribution < -0.4 is 4.74 Å². The Morgan fingerprint density at radius 2 is 2.15 bits per heavy atom. The summed E-state index contributed by atoms with van der Waals surface area (Å²) < 4.78 is 13.6. The van der Waals surface area contributed by atoms with Gasteiger partial charge in [-0.1, -0.05) is 17.7 Å². The number of aromatic nitrogens is 2. The molecule has 1 aliphatic rings. The van der Waals surface area contributed by atoms with Gasteiger partial charge in [0.15, 0.2) is 0 Å². The van der Waals surface area contributed by atoms with E-state index in [0.717, 1.165) is 36.5 Å². The average molecular weight is 359 g/mol. The van der Waals surface area contributed by atoms with Crippen molar-refractivity contribution >= 4 is 0 Å². The Morgan fingerprint density at radius 3 is 2.88 bits per heavy atom. The minimum Gasteiger partial charge on any atom is -0.491 e. The van der Waals surface area contributed by atoms with Gasteiger partial charge in [-0.2, -0.15) is 5.10 Å². The molecule has 0 bridgehead atoms. The minimum atomic E-state index is -0.526. The lowest BCUT2D eigenvalue weighted by molar-refractivity contribution is -0.0517. The molecule has 2 heterocycles. The number of morpholine rings is 1. The first kappa shape index (κ1) is 18.9. The van der Waals surface area contributed by atoms with Crippen molar-refractivity contribution in [3.63, 3.8) is 0 Å². The number of β-amino-alcohol motifs (C(OH)–C–C–N with tert-alkyl or cyclic N) is 1. The zero-order valence-corrected chi connectivity index (χ0v) is 15.9. The van der Waals surface area contributed by atoms with Crippen LogP contribution in [0.3, 0.4) is 0 Å². The van der Waals surface area contributed by atoms with Gasteiger partial charge in [0.2, 0.25) is 0 Å². The van der Waals surface area contributed by atoms with Crippen molar-refractivity contribution in [2.24, 2.45) is 0 Å². The first-order valence-electron chi connectivity index (χ1n) is 9.21. The Balaban J connectivity index is 1.45. The van der Waals surface area contributed by atoms with Crippen molar-refractivity contribution in [2.45, 2.75) is 39.5 Å². The monoisotopic (exact) mass is 359 g/mol. The van der Waals surface area contributed by atoms with Crippen molar-refractivity contribution in [2.75, 3.05) is 32.8 Å². The van der Waals surface area contributed by atoms with Gasteiger partial charge >= 0.3 is 0 Å². The fourth-order valence-electron chi connectivity index (χ4n) is 3.33. The molecule has 2 unspecified atom stereocenters. The second kappa shape index (κ2) is 8.66. The molecule has 1 fully saturated rings. The molecular weight excluding hydrogens is 330 g/mol. The summed E-state index contributed by atoms with van der Waals surface area (Å²) in [5.74, 6) is 0.837. The van der Waals surface area contributed by atoms with Gasteiger partial charge in [0.1, 0.15) is 18.5 Å². The second-order valence-electron chi connectivity index (χ2n) is 7.23. The van der Waals surface area contributed by atoms with Crippen LogP contribution >= 0.6 is 0 Å². The van der Waals surface area contributed by atoms with E-state index in [4.69, 9.17) is 9.47 Å². The van der Waals surface area contributed by atoms with Crippen molar-refractivity contribution in [1.82, 2.24) is 14.7 Å². The van der Waals surface area contributed by atoms with Crippen LogP contribution in [0, 0.1) is 20.8 Å². The van der Waals surface area contributed by atoms with Crippen molar-refractivity contribution < 1.29 is 14.6 Å². The Kier molecular flexibility index (Phi) is 6.29. The Labute approximate surface area is 155 Å². The normalized spacial score (nSPS) is 19.5. The molecule has 1 aliphatic heterocycles. The number of hydrogen-bond acceptors (Lipinski definition) is 5. The molecule has 26 heavy (non-hydrogen) atoms. The van der Waals surface area contributed by atoms with Crippen LogP contribution in [0.4, 0.5) is 0 Å². The van der Waals surface area contributed by atoms with E-state index in [0.29, 0.717) is 19.8 Å². The predicted molar refractivity (Wildman–Crippen MR) is 101 cm³/mol. The van der Waals surface area contributed by atoms with Crippen LogP contribution in [-0.4, -0.2) is 64.8 Å². The van der Waals surface area contributed by atoms with Crippen LogP contribution in [0.5, 0.6) is 5.75 Å². The van der Waals surface area contributed by atoms with E-state index in [1.54, 1.807) is 0 Å². The molecule has 0 spiro atoms. The zero-order valence-electron chi connectivity index (χ0n) is 15.9. The molecule has 142 valence electrons. The largest absolute Gasteiger partial charge is 0.491 e. The van der Waals surface area contributed by atoms with Crippen molar-refractivity contribution in [1.29, 1.82) is 0 Å². The standard InChI is InChI=1S/C20H29N3O3/c1-15-4-5-20(17(3)8-15)26-14-18(24)11-22-6-7-25-19(12-22)13-23-10-16(2)9-21-23/h4-5,8-10,18-19,24H,6-7,11-14H2,1-3H3. The highest BCUT2D eigenvalue weighted by Crippen LogP contribution is 2.19. The molecule has 1 N–H and O–H groups in total. The number of hydrogen-bond donors (Lipinski definition) is 1. The first-order chi connectivity index (χ1) is 12.5. The molecule has 6 nitrogen and oxygen atoms in total. The summed E-state index contributed by atoms with van der Waals surface area (Å²) in [7, 11) is 0. The van der Waals surface area contributed by atoms with E-state index in [-0.39, 0.29) is 6.10 Å². The Morgan fingerprint density at radius 1 is 1.31 bits per heavy atom. The maximum absolute atomic E-state index is 10.4. The third-order valence-electron chi connectivity index (χ3n) is 4.61. The number of nitrogens with zero attached hydrogens (tertiary/aromatic N) is 3. The summed E-state index contributed by atoms with van der Waals surface area (Å²) >= 11 is 0. The topological polar surface area (TPSA) is 59.8 Å². The van der Waals surface area contributed by atoms with E-state index in [1.165, 1.54) is 5.56 Å². The molecule has 0 amide bonds. The SMILES string of the molecule is Cc1ccc(OCC(O)CN2CCOC(Cn3cc(C)cn3)C2)c(C)c1. The van der Waals surface area contributed by atoms with Crippen LogP contribution in [0.1, 0.15) is 16.7 Å². The molecule has 0 radical (unpaired) electrons. The van der Waals surface area contributed by atoms with Crippen LogP contribution in [0.2, 0.25) is 0 Å². The first-order valence-corrected chi connectivity index (χ1v) is 9.21. The molecule has 1 aromatic carbocycles. The summed E-state index contributed by atoms with van der Waals surface area (Å²) in [6.07, 6.45) is 3.45. The average Bonchev–Trinajstić information content (AvgIpc) is 2.99. The fraction of sp³-hybridized carbons (Fsp3) is 0.550. The van der Waals surface area contributed by atoms with Gasteiger partial charge < -0.3 is 14.6 Å². The summed E-state index contributed by atoms with van der Waals surface area (Å²) in [5.41, 5.74) is 3.46. The number of aryl methyl sites for hydroxylation is 3. The lowest BCUT2D eigenvalue weighted by Crippen LogP contribution is -2.47. The quantitative estimate of drug-likeness (QED) is 0.819. The molecule has 0 aliphatic carbocycles. The molecule has 6 heteroatoms. The highest BCUT2D eigenvalue weighted by molar-refractivity contribution is 5.35. The number of benzene rings is 1. The van der Waals surface area contributed by atoms with Gasteiger partial charge in [-0.3, -0.25) is 9.58 Å². The molecule has 3 rings (SSSR count). The number of aliphatic hydroxyl groups is 1. The van der Waals surface area contributed by atoms with Crippen molar-refractivity contribution in [3.8, 4) is 5.75 Å². The lowest BCUT2D eigenvalue weighted by atomic mass is 10.1. The lowest BCUT2D eigenvalue weighted by Gasteiger charge is -2.34. The van der Waals surface area contributed by atoms with Crippen LogP contribution in [-0.2, 0) is 11.3 Å². The Bertz CT molecular complexity index is 716. The number of rotatable bonds is 7. The summed E-state index contributed by atoms with van der Waals surface area (Å²) in [6.45, 7) is 10.0. The number of aliphatic hydroxyl groups excluding tert-OH is 1. The van der Waals surface area contributed by atoms with Crippen LogP contribution in [0.15, 0.2) is 30.6 Å². The van der Waals surface area contributed by atoms with E-state index in [9.17, 15) is 5.11 Å². The van der Waals surface area contributed by atoms with Gasteiger partial charge in [-0.25, -0.2) is 0 Å². The number of ether oxygens (including phenoxy) is 2. The van der Waals surface area contributed by atoms with Gasteiger partial charge in [0.25, 0.3) is 0 Å². The maximum Gasteiger partial charge on any atom is 0.122 e. The summed E-state index contributed by atoms with van der Waals surface area (Å²) in [6, 6.07) is 6.08. The molecule has 1 aromatic heterocycles. The van der Waals surface area contributed by atoms with Gasteiger partial charge in [0, 0.05) is 25.8 Å². The minimum absolute atomic E-state index is 0.0931. The smallest absolute Gasteiger partial charge is 0.122 e. The van der Waals surface area contributed by atoms with E-state index in [2.05, 4.69) is 23.0 Å². The van der Waals surface area contributed by atoms with Crippen LogP contribution in [0.25, 0.3) is 0 Å².